The highest BCUT2D eigenvalue weighted by molar-refractivity contribution is 6.06. The lowest BCUT2D eigenvalue weighted by Crippen LogP contribution is -2.43. The highest BCUT2D eigenvalue weighted by Crippen LogP contribution is 2.37. The van der Waals surface area contributed by atoms with Crippen LogP contribution < -0.4 is 15.5 Å². The van der Waals surface area contributed by atoms with E-state index in [4.69, 9.17) is 4.74 Å². The van der Waals surface area contributed by atoms with E-state index in [0.29, 0.717) is 16.9 Å². The van der Waals surface area contributed by atoms with Crippen LogP contribution in [0.5, 0.6) is 0 Å². The molecule has 2 heterocycles. The summed E-state index contributed by atoms with van der Waals surface area (Å²) in [5.41, 5.74) is 3.52. The summed E-state index contributed by atoms with van der Waals surface area (Å²) in [6, 6.07) is 12.5. The summed E-state index contributed by atoms with van der Waals surface area (Å²) in [4.78, 5) is 39.6. The molecule has 0 unspecified atom stereocenters. The lowest BCUT2D eigenvalue weighted by Gasteiger charge is -2.33. The molecule has 0 aromatic heterocycles. The summed E-state index contributed by atoms with van der Waals surface area (Å²) < 4.78 is 5.40. The zero-order valence-corrected chi connectivity index (χ0v) is 18.0. The van der Waals surface area contributed by atoms with Crippen molar-refractivity contribution in [1.82, 2.24) is 0 Å². The summed E-state index contributed by atoms with van der Waals surface area (Å²) in [6.07, 6.45) is 0.830. The molecule has 2 aliphatic heterocycles. The Morgan fingerprint density at radius 3 is 2.71 bits per heavy atom. The predicted octanol–water partition coefficient (Wildman–Crippen LogP) is 3.91. The molecule has 7 heteroatoms. The fourth-order valence-electron chi connectivity index (χ4n) is 4.19. The van der Waals surface area contributed by atoms with Crippen LogP contribution in [0.1, 0.15) is 55.5 Å². The van der Waals surface area contributed by atoms with Crippen LogP contribution in [0.3, 0.4) is 0 Å². The van der Waals surface area contributed by atoms with Crippen LogP contribution in [-0.4, -0.2) is 36.5 Å². The minimum absolute atomic E-state index is 0.0490. The Balaban J connectivity index is 1.44. The van der Waals surface area contributed by atoms with E-state index < -0.39 is 18.0 Å². The van der Waals surface area contributed by atoms with Crippen LogP contribution in [-0.2, 0) is 14.3 Å². The highest BCUT2D eigenvalue weighted by Gasteiger charge is 2.36. The Kier molecular flexibility index (Phi) is 5.67. The number of benzene rings is 2. The minimum Gasteiger partial charge on any atom is -0.449 e. The van der Waals surface area contributed by atoms with Gasteiger partial charge in [-0.15, -0.1) is 0 Å². The monoisotopic (exact) mass is 421 g/mol. The summed E-state index contributed by atoms with van der Waals surface area (Å²) in [5.74, 6) is -0.810. The zero-order valence-electron chi connectivity index (χ0n) is 18.0. The number of fused-ring (bicyclic) bond motifs is 3. The third kappa shape index (κ3) is 4.13. The summed E-state index contributed by atoms with van der Waals surface area (Å²) >= 11 is 0. The van der Waals surface area contributed by atoms with Crippen molar-refractivity contribution in [3.63, 3.8) is 0 Å². The van der Waals surface area contributed by atoms with Gasteiger partial charge in [0.25, 0.3) is 5.91 Å². The number of carbonyl (C=O) groups is 3. The molecule has 2 aromatic carbocycles. The number of rotatable bonds is 5. The molecule has 7 nitrogen and oxygen atoms in total. The lowest BCUT2D eigenvalue weighted by molar-refractivity contribution is -0.123. The second-order valence-electron chi connectivity index (χ2n) is 8.35. The number of carbonyl (C=O) groups excluding carboxylic acids is 3. The number of nitrogens with zero attached hydrogens (tertiary/aromatic N) is 1. The molecule has 162 valence electrons. The van der Waals surface area contributed by atoms with E-state index in [1.54, 1.807) is 19.1 Å². The first-order chi connectivity index (χ1) is 14.8. The number of esters is 1. The molecule has 2 N–H and O–H groups in total. The van der Waals surface area contributed by atoms with Gasteiger partial charge in [0, 0.05) is 12.2 Å². The van der Waals surface area contributed by atoms with Crippen LogP contribution in [0.25, 0.3) is 0 Å². The highest BCUT2D eigenvalue weighted by atomic mass is 16.5. The second kappa shape index (κ2) is 8.41. The third-order valence-corrected chi connectivity index (χ3v) is 5.85. The van der Waals surface area contributed by atoms with Gasteiger partial charge in [-0.25, -0.2) is 4.79 Å². The Bertz CT molecular complexity index is 1030. The molecule has 1 fully saturated rings. The van der Waals surface area contributed by atoms with Crippen molar-refractivity contribution < 1.29 is 19.1 Å². The van der Waals surface area contributed by atoms with Gasteiger partial charge in [0.1, 0.15) is 6.04 Å². The number of nitrogens with one attached hydrogen (secondary N) is 2. The normalized spacial score (nSPS) is 18.1. The molecule has 2 amide bonds. The Morgan fingerprint density at radius 1 is 1.16 bits per heavy atom. The number of hydrogen-bond acceptors (Lipinski definition) is 5. The standard InChI is InChI=1S/C24H27N3O4/c1-14(2)17-7-4-5-8-18(17)25-22(28)15(3)31-24(30)16-10-11-20-19(13-16)26-23(29)21-9-6-12-27(20)21/h4-5,7-8,10-11,13-15,21H,6,9,12H2,1-3H3,(H,25,28)(H,26,29)/t15-,21+/m1/s1. The van der Waals surface area contributed by atoms with Gasteiger partial charge in [-0.2, -0.15) is 0 Å². The molecule has 0 aliphatic carbocycles. The van der Waals surface area contributed by atoms with Crippen LogP contribution in [0, 0.1) is 0 Å². The molecule has 2 aromatic rings. The lowest BCUT2D eigenvalue weighted by atomic mass is 10.0. The molecule has 4 rings (SSSR count). The molecule has 0 radical (unpaired) electrons. The molecule has 1 saturated heterocycles. The second-order valence-corrected chi connectivity index (χ2v) is 8.35. The molecular weight excluding hydrogens is 394 g/mol. The summed E-state index contributed by atoms with van der Waals surface area (Å²) in [5, 5.41) is 5.73. The van der Waals surface area contributed by atoms with E-state index in [0.717, 1.165) is 30.6 Å². The average Bonchev–Trinajstić information content (AvgIpc) is 3.24. The van der Waals surface area contributed by atoms with E-state index in [1.807, 2.05) is 44.2 Å². The van der Waals surface area contributed by atoms with E-state index in [2.05, 4.69) is 15.5 Å². The van der Waals surface area contributed by atoms with Gasteiger partial charge in [-0.1, -0.05) is 32.0 Å². The van der Waals surface area contributed by atoms with E-state index in [-0.39, 0.29) is 17.9 Å². The van der Waals surface area contributed by atoms with Crippen LogP contribution in [0.2, 0.25) is 0 Å². The number of anilines is 3. The van der Waals surface area contributed by atoms with Crippen molar-refractivity contribution in [2.24, 2.45) is 0 Å². The fraction of sp³-hybridized carbons (Fsp3) is 0.375. The maximum atomic E-state index is 12.7. The molecule has 31 heavy (non-hydrogen) atoms. The molecular formula is C24H27N3O4. The Hall–Kier alpha value is -3.35. The summed E-state index contributed by atoms with van der Waals surface area (Å²) in [6.45, 7) is 6.46. The Morgan fingerprint density at radius 2 is 1.94 bits per heavy atom. The number of para-hydroxylation sites is 1. The van der Waals surface area contributed by atoms with Crippen molar-refractivity contribution in [1.29, 1.82) is 0 Å². The van der Waals surface area contributed by atoms with Gasteiger partial charge in [0.05, 0.1) is 16.9 Å². The van der Waals surface area contributed by atoms with E-state index in [1.165, 1.54) is 0 Å². The van der Waals surface area contributed by atoms with Gasteiger partial charge in [0.2, 0.25) is 5.91 Å². The van der Waals surface area contributed by atoms with Gasteiger partial charge < -0.3 is 20.3 Å². The van der Waals surface area contributed by atoms with Crippen LogP contribution >= 0.6 is 0 Å². The summed E-state index contributed by atoms with van der Waals surface area (Å²) in [7, 11) is 0. The smallest absolute Gasteiger partial charge is 0.338 e. The molecule has 0 bridgehead atoms. The first kappa shape index (κ1) is 20.9. The van der Waals surface area contributed by atoms with E-state index in [9.17, 15) is 14.4 Å². The maximum Gasteiger partial charge on any atom is 0.338 e. The van der Waals surface area contributed by atoms with Crippen LogP contribution in [0.4, 0.5) is 17.1 Å². The topological polar surface area (TPSA) is 87.7 Å². The fourth-order valence-corrected chi connectivity index (χ4v) is 4.19. The van der Waals surface area contributed by atoms with Gasteiger partial charge in [0.15, 0.2) is 6.10 Å². The minimum atomic E-state index is -0.971. The van der Waals surface area contributed by atoms with Crippen molar-refractivity contribution in [2.75, 3.05) is 22.1 Å². The predicted molar refractivity (Wildman–Crippen MR) is 119 cm³/mol. The van der Waals surface area contributed by atoms with Crippen molar-refractivity contribution in [3.05, 3.63) is 53.6 Å². The van der Waals surface area contributed by atoms with Gasteiger partial charge in [-0.3, -0.25) is 9.59 Å². The number of hydrogen-bond donors (Lipinski definition) is 2. The number of ether oxygens (including phenoxy) is 1. The number of amides is 2. The van der Waals surface area contributed by atoms with Gasteiger partial charge >= 0.3 is 5.97 Å². The average molecular weight is 421 g/mol. The maximum absolute atomic E-state index is 12.7. The van der Waals surface area contributed by atoms with E-state index >= 15 is 0 Å². The first-order valence-corrected chi connectivity index (χ1v) is 10.7. The quantitative estimate of drug-likeness (QED) is 0.715. The van der Waals surface area contributed by atoms with Crippen LogP contribution in [0.15, 0.2) is 42.5 Å². The Labute approximate surface area is 181 Å². The molecule has 2 atom stereocenters. The van der Waals surface area contributed by atoms with Crippen molar-refractivity contribution in [2.45, 2.75) is 51.7 Å². The third-order valence-electron chi connectivity index (χ3n) is 5.85. The molecule has 0 saturated carbocycles. The van der Waals surface area contributed by atoms with Crippen molar-refractivity contribution >= 4 is 34.8 Å². The molecule has 2 aliphatic rings. The zero-order chi connectivity index (χ0) is 22.1. The van der Waals surface area contributed by atoms with Crippen molar-refractivity contribution in [3.8, 4) is 0 Å². The SMILES string of the molecule is CC(C)c1ccccc1NC(=O)[C@@H](C)OC(=O)c1ccc2c(c1)NC(=O)[C@@H]1CCCN21. The first-order valence-electron chi connectivity index (χ1n) is 10.7. The molecule has 0 spiro atoms. The van der Waals surface area contributed by atoms with Gasteiger partial charge in [-0.05, 0) is 55.5 Å². The largest absolute Gasteiger partial charge is 0.449 e.